The minimum Gasteiger partial charge on any atom is -0.444 e. The lowest BCUT2D eigenvalue weighted by atomic mass is 10.1. The molecule has 8 heteroatoms. The van der Waals surface area contributed by atoms with Gasteiger partial charge in [-0.1, -0.05) is 0 Å². The van der Waals surface area contributed by atoms with Crippen LogP contribution >= 0.6 is 0 Å². The van der Waals surface area contributed by atoms with Crippen LogP contribution in [0.5, 0.6) is 0 Å². The van der Waals surface area contributed by atoms with Crippen LogP contribution in [0.25, 0.3) is 0 Å². The van der Waals surface area contributed by atoms with Crippen molar-refractivity contribution >= 4 is 17.6 Å². The first-order valence-electron chi connectivity index (χ1n) is 7.60. The molecule has 1 aliphatic rings. The van der Waals surface area contributed by atoms with E-state index in [2.05, 4.69) is 10.3 Å². The second-order valence-corrected chi connectivity index (χ2v) is 6.54. The van der Waals surface area contributed by atoms with Gasteiger partial charge in [0.15, 0.2) is 0 Å². The Bertz CT molecular complexity index is 585. The zero-order valence-electron chi connectivity index (χ0n) is 13.6. The Morgan fingerprint density at radius 2 is 2.26 bits per heavy atom. The Morgan fingerprint density at radius 1 is 1.52 bits per heavy atom. The lowest BCUT2D eigenvalue weighted by Gasteiger charge is -2.34. The molecule has 0 aromatic carbocycles. The van der Waals surface area contributed by atoms with E-state index >= 15 is 0 Å². The highest BCUT2D eigenvalue weighted by Gasteiger charge is 2.28. The molecule has 0 bridgehead atoms. The summed E-state index contributed by atoms with van der Waals surface area (Å²) in [4.78, 5) is 28.4. The van der Waals surface area contributed by atoms with Crippen LogP contribution in [0.4, 0.5) is 16.3 Å². The monoisotopic (exact) mass is 322 g/mol. The molecular weight excluding hydrogens is 300 g/mol. The smallest absolute Gasteiger partial charge is 0.410 e. The molecule has 1 unspecified atom stereocenters. The van der Waals surface area contributed by atoms with Crippen LogP contribution in [-0.2, 0) is 4.74 Å². The van der Waals surface area contributed by atoms with Gasteiger partial charge < -0.3 is 15.0 Å². The summed E-state index contributed by atoms with van der Waals surface area (Å²) in [6, 6.07) is 2.84. The lowest BCUT2D eigenvalue weighted by Crippen LogP contribution is -2.47. The van der Waals surface area contributed by atoms with Gasteiger partial charge >= 0.3 is 11.8 Å². The molecule has 1 fully saturated rings. The van der Waals surface area contributed by atoms with E-state index in [4.69, 9.17) is 4.74 Å². The average Bonchev–Trinajstić information content (AvgIpc) is 2.46. The maximum absolute atomic E-state index is 12.1. The summed E-state index contributed by atoms with van der Waals surface area (Å²) < 4.78 is 5.37. The molecule has 1 saturated heterocycles. The van der Waals surface area contributed by atoms with Gasteiger partial charge in [-0.05, 0) is 39.7 Å². The fourth-order valence-corrected chi connectivity index (χ4v) is 2.44. The van der Waals surface area contributed by atoms with Crippen LogP contribution in [0, 0.1) is 10.1 Å². The van der Waals surface area contributed by atoms with Gasteiger partial charge in [-0.3, -0.25) is 10.1 Å². The van der Waals surface area contributed by atoms with Crippen molar-refractivity contribution < 1.29 is 14.5 Å². The summed E-state index contributed by atoms with van der Waals surface area (Å²) in [6.45, 7) is 6.52. The van der Waals surface area contributed by atoms with Gasteiger partial charge in [0.1, 0.15) is 5.60 Å². The topological polar surface area (TPSA) is 97.6 Å². The van der Waals surface area contributed by atoms with Gasteiger partial charge in [-0.15, -0.1) is 0 Å². The maximum atomic E-state index is 12.1. The lowest BCUT2D eigenvalue weighted by molar-refractivity contribution is -0.384. The van der Waals surface area contributed by atoms with Crippen LogP contribution < -0.4 is 5.32 Å². The summed E-state index contributed by atoms with van der Waals surface area (Å²) in [7, 11) is 0. The van der Waals surface area contributed by atoms with Gasteiger partial charge in [0.05, 0.1) is 4.92 Å². The van der Waals surface area contributed by atoms with E-state index in [0.717, 1.165) is 12.8 Å². The summed E-state index contributed by atoms with van der Waals surface area (Å²) in [5.41, 5.74) is -0.612. The van der Waals surface area contributed by atoms with Crippen LogP contribution in [0.2, 0.25) is 0 Å². The summed E-state index contributed by atoms with van der Waals surface area (Å²) in [5, 5.41) is 14.1. The number of nitrogens with one attached hydrogen (secondary N) is 1. The van der Waals surface area contributed by atoms with Crippen LogP contribution in [0.15, 0.2) is 18.3 Å². The molecule has 1 amide bonds. The van der Waals surface area contributed by atoms with Crippen molar-refractivity contribution in [1.82, 2.24) is 9.88 Å². The molecule has 0 radical (unpaired) electrons. The van der Waals surface area contributed by atoms with Crippen molar-refractivity contribution in [3.8, 4) is 0 Å². The zero-order valence-corrected chi connectivity index (χ0v) is 13.6. The number of likely N-dealkylation sites (tertiary alicyclic amines) is 1. The number of rotatable bonds is 3. The average molecular weight is 322 g/mol. The Labute approximate surface area is 135 Å². The third kappa shape index (κ3) is 4.80. The number of amides is 1. The van der Waals surface area contributed by atoms with Crippen molar-refractivity contribution in [3.05, 3.63) is 28.4 Å². The number of hydrogen-bond donors (Lipinski definition) is 1. The third-order valence-electron chi connectivity index (χ3n) is 3.40. The van der Waals surface area contributed by atoms with Crippen molar-refractivity contribution in [2.24, 2.45) is 0 Å². The van der Waals surface area contributed by atoms with Crippen LogP contribution in [0.3, 0.4) is 0 Å². The van der Waals surface area contributed by atoms with E-state index in [9.17, 15) is 14.9 Å². The normalized spacial score (nSPS) is 18.4. The Hall–Kier alpha value is -2.38. The van der Waals surface area contributed by atoms with Crippen LogP contribution in [0.1, 0.15) is 33.6 Å². The molecule has 23 heavy (non-hydrogen) atoms. The summed E-state index contributed by atoms with van der Waals surface area (Å²) in [6.07, 6.45) is 2.76. The molecule has 126 valence electrons. The summed E-state index contributed by atoms with van der Waals surface area (Å²) in [5.74, 6) is 0.230. The highest BCUT2D eigenvalue weighted by molar-refractivity contribution is 5.68. The zero-order chi connectivity index (χ0) is 17.0. The number of ether oxygens (including phenoxy) is 1. The molecule has 1 atom stereocenters. The number of anilines is 1. The minimum atomic E-state index is -0.544. The van der Waals surface area contributed by atoms with E-state index in [1.165, 1.54) is 18.3 Å². The highest BCUT2D eigenvalue weighted by Crippen LogP contribution is 2.24. The molecule has 0 aliphatic carbocycles. The van der Waals surface area contributed by atoms with E-state index in [-0.39, 0.29) is 23.6 Å². The molecule has 2 heterocycles. The number of carbonyl (C=O) groups is 1. The predicted octanol–water partition coefficient (Wildman–Crippen LogP) is 2.80. The Balaban J connectivity index is 2.02. The van der Waals surface area contributed by atoms with E-state index in [0.29, 0.717) is 13.1 Å². The number of pyridine rings is 1. The predicted molar refractivity (Wildman–Crippen MR) is 85.3 cm³/mol. The number of nitro groups is 1. The molecular formula is C15H22N4O4. The van der Waals surface area contributed by atoms with Crippen molar-refractivity contribution in [2.45, 2.75) is 45.3 Å². The van der Waals surface area contributed by atoms with Gasteiger partial charge in [-0.2, -0.15) is 0 Å². The van der Waals surface area contributed by atoms with Gasteiger partial charge in [0.25, 0.3) is 0 Å². The second-order valence-electron chi connectivity index (χ2n) is 6.54. The van der Waals surface area contributed by atoms with E-state index < -0.39 is 10.5 Å². The number of piperidine rings is 1. The van der Waals surface area contributed by atoms with Gasteiger partial charge in [-0.25, -0.2) is 9.78 Å². The number of aromatic nitrogens is 1. The first kappa shape index (κ1) is 17.0. The molecule has 8 nitrogen and oxygen atoms in total. The molecule has 0 saturated carbocycles. The molecule has 1 aromatic rings. The largest absolute Gasteiger partial charge is 0.444 e. The van der Waals surface area contributed by atoms with Gasteiger partial charge in [0.2, 0.25) is 5.82 Å². The molecule has 2 rings (SSSR count). The Morgan fingerprint density at radius 3 is 2.91 bits per heavy atom. The highest BCUT2D eigenvalue weighted by atomic mass is 16.6. The molecule has 1 aromatic heterocycles. The fourth-order valence-electron chi connectivity index (χ4n) is 2.44. The van der Waals surface area contributed by atoms with Crippen LogP contribution in [-0.4, -0.2) is 45.6 Å². The summed E-state index contributed by atoms with van der Waals surface area (Å²) >= 11 is 0. The number of hydrogen-bond acceptors (Lipinski definition) is 6. The maximum Gasteiger partial charge on any atom is 0.410 e. The third-order valence-corrected chi connectivity index (χ3v) is 3.40. The fraction of sp³-hybridized carbons (Fsp3) is 0.600. The quantitative estimate of drug-likeness (QED) is 0.679. The number of nitrogens with zero attached hydrogens (tertiary/aromatic N) is 3. The second kappa shape index (κ2) is 6.80. The van der Waals surface area contributed by atoms with Crippen molar-refractivity contribution in [1.29, 1.82) is 0 Å². The SMILES string of the molecule is CC(C)(C)OC(=O)N1CCCC(Nc2ncccc2[N+](=O)[O-])C1. The standard InChI is InChI=1S/C15H22N4O4/c1-15(2,3)23-14(20)18-9-5-6-11(10-18)17-13-12(19(21)22)7-4-8-16-13/h4,7-8,11H,5-6,9-10H2,1-3H3,(H,16,17). The van der Waals surface area contributed by atoms with E-state index in [1.54, 1.807) is 4.90 Å². The molecule has 0 spiro atoms. The van der Waals surface area contributed by atoms with Gasteiger partial charge in [0, 0.05) is 31.4 Å². The van der Waals surface area contributed by atoms with Crippen molar-refractivity contribution in [3.63, 3.8) is 0 Å². The number of carbonyl (C=O) groups excluding carboxylic acids is 1. The van der Waals surface area contributed by atoms with E-state index in [1.807, 2.05) is 20.8 Å². The first-order valence-corrected chi connectivity index (χ1v) is 7.60. The molecule has 1 aliphatic heterocycles. The first-order chi connectivity index (χ1) is 10.8. The molecule has 1 N–H and O–H groups in total. The van der Waals surface area contributed by atoms with Crippen molar-refractivity contribution in [2.75, 3.05) is 18.4 Å². The Kier molecular flexibility index (Phi) is 5.02. The minimum absolute atomic E-state index is 0.0677.